The molecular weight excluding hydrogens is 290 g/mol. The number of rotatable bonds is 3. The summed E-state index contributed by atoms with van der Waals surface area (Å²) in [5.74, 6) is 0. The van der Waals surface area contributed by atoms with E-state index >= 15 is 0 Å². The molecular formula is C18H29N3O2. The molecule has 1 amide bonds. The van der Waals surface area contributed by atoms with Crippen LogP contribution in [0.15, 0.2) is 24.5 Å². The highest BCUT2D eigenvalue weighted by Gasteiger charge is 2.25. The second kappa shape index (κ2) is 7.77. The summed E-state index contributed by atoms with van der Waals surface area (Å²) in [7, 11) is 0. The van der Waals surface area contributed by atoms with Crippen LogP contribution in [0.4, 0.5) is 4.79 Å². The standard InChI is InChI=1S/C18H29N3O2/c1-14(15-7-5-10-19-13-15)20-16-8-6-11-21(12-9-16)17(22)23-18(2,3)4/h5,7,10,13-14,16,20H,6,8-9,11-12H2,1-4H3/t14-,16?/m0/s1. The van der Waals surface area contributed by atoms with Crippen LogP contribution in [0.3, 0.4) is 0 Å². The van der Waals surface area contributed by atoms with Crippen LogP contribution in [0.5, 0.6) is 0 Å². The Morgan fingerprint density at radius 2 is 2.17 bits per heavy atom. The van der Waals surface area contributed by atoms with Gasteiger partial charge in [-0.2, -0.15) is 0 Å². The molecule has 5 nitrogen and oxygen atoms in total. The van der Waals surface area contributed by atoms with Gasteiger partial charge in [0.1, 0.15) is 5.60 Å². The summed E-state index contributed by atoms with van der Waals surface area (Å²) in [6, 6.07) is 4.73. The number of ether oxygens (including phenoxy) is 1. The van der Waals surface area contributed by atoms with Gasteiger partial charge < -0.3 is 15.0 Å². The Bertz CT molecular complexity index is 499. The van der Waals surface area contributed by atoms with Crippen molar-refractivity contribution in [1.82, 2.24) is 15.2 Å². The van der Waals surface area contributed by atoms with Crippen LogP contribution in [-0.2, 0) is 4.74 Å². The van der Waals surface area contributed by atoms with Crippen molar-refractivity contribution in [3.63, 3.8) is 0 Å². The Kier molecular flexibility index (Phi) is 5.99. The quantitative estimate of drug-likeness (QED) is 0.926. The molecule has 1 aromatic heterocycles. The molecule has 0 aliphatic carbocycles. The molecule has 23 heavy (non-hydrogen) atoms. The lowest BCUT2D eigenvalue weighted by Gasteiger charge is -2.26. The first kappa shape index (κ1) is 17.7. The maximum atomic E-state index is 12.2. The number of carbonyl (C=O) groups excluding carboxylic acids is 1. The molecule has 1 aliphatic heterocycles. The second-order valence-electron chi connectivity index (χ2n) is 7.27. The average molecular weight is 319 g/mol. The molecule has 1 N–H and O–H groups in total. The van der Waals surface area contributed by atoms with E-state index in [1.807, 2.05) is 37.9 Å². The lowest BCUT2D eigenvalue weighted by atomic mass is 10.1. The van der Waals surface area contributed by atoms with E-state index in [0.717, 1.165) is 32.4 Å². The first-order valence-electron chi connectivity index (χ1n) is 8.49. The van der Waals surface area contributed by atoms with Gasteiger partial charge in [-0.3, -0.25) is 4.98 Å². The minimum Gasteiger partial charge on any atom is -0.444 e. The van der Waals surface area contributed by atoms with E-state index < -0.39 is 5.60 Å². The normalized spacial score (nSPS) is 20.7. The zero-order valence-corrected chi connectivity index (χ0v) is 14.7. The van der Waals surface area contributed by atoms with E-state index in [0.29, 0.717) is 6.04 Å². The van der Waals surface area contributed by atoms with E-state index in [1.54, 1.807) is 6.20 Å². The Morgan fingerprint density at radius 1 is 1.39 bits per heavy atom. The summed E-state index contributed by atoms with van der Waals surface area (Å²) in [4.78, 5) is 18.2. The number of carbonyl (C=O) groups is 1. The van der Waals surface area contributed by atoms with E-state index in [-0.39, 0.29) is 12.1 Å². The Morgan fingerprint density at radius 3 is 2.83 bits per heavy atom. The Hall–Kier alpha value is -1.62. The minimum absolute atomic E-state index is 0.196. The first-order chi connectivity index (χ1) is 10.8. The van der Waals surface area contributed by atoms with Gasteiger partial charge in [-0.15, -0.1) is 0 Å². The molecule has 0 spiro atoms. The molecule has 2 rings (SSSR count). The summed E-state index contributed by atoms with van der Waals surface area (Å²) in [6.45, 7) is 9.39. The van der Waals surface area contributed by atoms with Gasteiger partial charge >= 0.3 is 6.09 Å². The van der Waals surface area contributed by atoms with Gasteiger partial charge in [-0.05, 0) is 58.6 Å². The van der Waals surface area contributed by atoms with Gasteiger partial charge in [0, 0.05) is 37.6 Å². The number of aromatic nitrogens is 1. The second-order valence-corrected chi connectivity index (χ2v) is 7.27. The van der Waals surface area contributed by atoms with Crippen LogP contribution in [0, 0.1) is 0 Å². The van der Waals surface area contributed by atoms with E-state index in [9.17, 15) is 4.79 Å². The summed E-state index contributed by atoms with van der Waals surface area (Å²) in [6.07, 6.45) is 6.52. The maximum Gasteiger partial charge on any atom is 0.410 e. The van der Waals surface area contributed by atoms with Crippen LogP contribution in [0.25, 0.3) is 0 Å². The van der Waals surface area contributed by atoms with Crippen LogP contribution in [-0.4, -0.2) is 40.7 Å². The molecule has 1 saturated heterocycles. The van der Waals surface area contributed by atoms with E-state index in [2.05, 4.69) is 23.3 Å². The van der Waals surface area contributed by atoms with Gasteiger partial charge in [0.25, 0.3) is 0 Å². The lowest BCUT2D eigenvalue weighted by Crippen LogP contribution is -2.38. The molecule has 1 aliphatic rings. The van der Waals surface area contributed by atoms with Crippen LogP contribution >= 0.6 is 0 Å². The molecule has 2 atom stereocenters. The third kappa shape index (κ3) is 5.82. The molecule has 0 radical (unpaired) electrons. The predicted molar refractivity (Wildman–Crippen MR) is 91.2 cm³/mol. The summed E-state index contributed by atoms with van der Waals surface area (Å²) < 4.78 is 5.48. The van der Waals surface area contributed by atoms with Crippen molar-refractivity contribution in [2.24, 2.45) is 0 Å². The molecule has 0 saturated carbocycles. The summed E-state index contributed by atoms with van der Waals surface area (Å²) >= 11 is 0. The van der Waals surface area contributed by atoms with E-state index in [1.165, 1.54) is 5.56 Å². The molecule has 128 valence electrons. The molecule has 1 unspecified atom stereocenters. The number of amides is 1. The van der Waals surface area contributed by atoms with Gasteiger partial charge in [0.15, 0.2) is 0 Å². The monoisotopic (exact) mass is 319 g/mol. The lowest BCUT2D eigenvalue weighted by molar-refractivity contribution is 0.0256. The fraction of sp³-hybridized carbons (Fsp3) is 0.667. The van der Waals surface area contributed by atoms with Crippen LogP contribution < -0.4 is 5.32 Å². The van der Waals surface area contributed by atoms with Crippen molar-refractivity contribution in [2.75, 3.05) is 13.1 Å². The number of likely N-dealkylation sites (tertiary alicyclic amines) is 1. The number of hydrogen-bond donors (Lipinski definition) is 1. The zero-order valence-electron chi connectivity index (χ0n) is 14.7. The predicted octanol–water partition coefficient (Wildman–Crippen LogP) is 3.52. The first-order valence-corrected chi connectivity index (χ1v) is 8.49. The van der Waals surface area contributed by atoms with Gasteiger partial charge in [-0.1, -0.05) is 6.07 Å². The number of hydrogen-bond acceptors (Lipinski definition) is 4. The molecule has 1 fully saturated rings. The number of pyridine rings is 1. The van der Waals surface area contributed by atoms with E-state index in [4.69, 9.17) is 4.74 Å². The van der Waals surface area contributed by atoms with Gasteiger partial charge in [-0.25, -0.2) is 4.79 Å². The smallest absolute Gasteiger partial charge is 0.410 e. The summed E-state index contributed by atoms with van der Waals surface area (Å²) in [5, 5.41) is 3.66. The third-order valence-electron chi connectivity index (χ3n) is 4.05. The Labute approximate surface area is 139 Å². The zero-order chi connectivity index (χ0) is 16.9. The van der Waals surface area contributed by atoms with Crippen molar-refractivity contribution in [3.8, 4) is 0 Å². The van der Waals surface area contributed by atoms with Crippen molar-refractivity contribution in [1.29, 1.82) is 0 Å². The molecule has 0 bridgehead atoms. The summed E-state index contributed by atoms with van der Waals surface area (Å²) in [5.41, 5.74) is 0.760. The fourth-order valence-corrected chi connectivity index (χ4v) is 2.85. The van der Waals surface area contributed by atoms with Gasteiger partial charge in [0.2, 0.25) is 0 Å². The Balaban J connectivity index is 1.85. The maximum absolute atomic E-state index is 12.2. The molecule has 2 heterocycles. The molecule has 1 aromatic rings. The van der Waals surface area contributed by atoms with Gasteiger partial charge in [0.05, 0.1) is 0 Å². The molecule has 5 heteroatoms. The highest BCUT2D eigenvalue weighted by Crippen LogP contribution is 2.18. The van der Waals surface area contributed by atoms with Crippen molar-refractivity contribution >= 4 is 6.09 Å². The minimum atomic E-state index is -0.435. The number of nitrogens with zero attached hydrogens (tertiary/aromatic N) is 2. The highest BCUT2D eigenvalue weighted by atomic mass is 16.6. The van der Waals surface area contributed by atoms with Crippen molar-refractivity contribution in [2.45, 2.75) is 64.6 Å². The van der Waals surface area contributed by atoms with Crippen LogP contribution in [0.2, 0.25) is 0 Å². The topological polar surface area (TPSA) is 54.5 Å². The number of nitrogens with one attached hydrogen (secondary N) is 1. The third-order valence-corrected chi connectivity index (χ3v) is 4.05. The van der Waals surface area contributed by atoms with Crippen LogP contribution in [0.1, 0.15) is 58.6 Å². The van der Waals surface area contributed by atoms with Crippen molar-refractivity contribution < 1.29 is 9.53 Å². The largest absolute Gasteiger partial charge is 0.444 e. The fourth-order valence-electron chi connectivity index (χ4n) is 2.85. The highest BCUT2D eigenvalue weighted by molar-refractivity contribution is 5.68. The van der Waals surface area contributed by atoms with Crippen molar-refractivity contribution in [3.05, 3.63) is 30.1 Å². The average Bonchev–Trinajstić information content (AvgIpc) is 2.72. The SMILES string of the molecule is C[C@H](NC1CCCN(C(=O)OC(C)(C)C)CC1)c1cccnc1. The molecule has 0 aromatic carbocycles.